The van der Waals surface area contributed by atoms with Crippen molar-refractivity contribution >= 4 is 0 Å². The van der Waals surface area contributed by atoms with Gasteiger partial charge in [0.1, 0.15) is 0 Å². The molecule has 0 N–H and O–H groups in total. The van der Waals surface area contributed by atoms with Crippen LogP contribution in [0.4, 0.5) is 52.7 Å². The average Bonchev–Trinajstić information content (AvgIpc) is 2.25. The summed E-state index contributed by atoms with van der Waals surface area (Å²) in [6, 6.07) is -3.78. The third kappa shape index (κ3) is 3.12. The van der Waals surface area contributed by atoms with Crippen molar-refractivity contribution in [2.75, 3.05) is 0 Å². The maximum Gasteiger partial charge on any atom is 0.467 e. The normalized spacial score (nSPS) is 15.4. The summed E-state index contributed by atoms with van der Waals surface area (Å²) in [5.74, 6) is -17.9. The largest absolute Gasteiger partial charge is 0.467 e. The van der Waals surface area contributed by atoms with E-state index in [4.69, 9.17) is 0 Å². The monoisotopic (exact) mass is 328 g/mol. The van der Waals surface area contributed by atoms with Gasteiger partial charge in [-0.15, -0.1) is 0 Å². The molecule has 20 heavy (non-hydrogen) atoms. The van der Waals surface area contributed by atoms with Crippen molar-refractivity contribution in [1.29, 1.82) is 0 Å². The van der Waals surface area contributed by atoms with Gasteiger partial charge in [0.2, 0.25) is 5.83 Å². The smallest absolute Gasteiger partial charge is 0.416 e. The highest BCUT2D eigenvalue weighted by Gasteiger charge is 2.77. The predicted octanol–water partition coefficient (Wildman–Crippen LogP) is 4.98. The SMILES string of the molecule is FC(F)=C(F)OC(F)(C(F)(F)F)C(F)(F)C(F)=C(F)F. The molecule has 1 atom stereocenters. The molecular formula is C7F12O. The Balaban J connectivity index is 6.08. The summed E-state index contributed by atoms with van der Waals surface area (Å²) in [6.07, 6.45) is -14.9. The number of halogens is 12. The van der Waals surface area contributed by atoms with E-state index in [1.165, 1.54) is 0 Å². The first-order chi connectivity index (χ1) is 8.68. The van der Waals surface area contributed by atoms with E-state index in [0.29, 0.717) is 0 Å². The molecule has 118 valence electrons. The Morgan fingerprint density at radius 2 is 1.05 bits per heavy atom. The fourth-order valence-electron chi connectivity index (χ4n) is 0.722. The van der Waals surface area contributed by atoms with Crippen molar-refractivity contribution in [3.05, 3.63) is 24.0 Å². The van der Waals surface area contributed by atoms with Gasteiger partial charge in [-0.25, -0.2) is 0 Å². The molecule has 0 aromatic heterocycles. The van der Waals surface area contributed by atoms with E-state index in [-0.39, 0.29) is 0 Å². The van der Waals surface area contributed by atoms with Crippen molar-refractivity contribution in [3.63, 3.8) is 0 Å². The maximum absolute atomic E-state index is 13.0. The van der Waals surface area contributed by atoms with Gasteiger partial charge in [-0.05, 0) is 0 Å². The molecule has 0 saturated carbocycles. The fraction of sp³-hybridized carbons (Fsp3) is 0.429. The van der Waals surface area contributed by atoms with E-state index in [1.807, 2.05) is 4.74 Å². The summed E-state index contributed by atoms with van der Waals surface area (Å²) < 4.78 is 147. The Labute approximate surface area is 101 Å². The van der Waals surface area contributed by atoms with Gasteiger partial charge in [-0.3, -0.25) is 0 Å². The molecule has 0 aliphatic heterocycles. The number of ether oxygens (including phenoxy) is 1. The molecule has 1 unspecified atom stereocenters. The predicted molar refractivity (Wildman–Crippen MR) is 36.6 cm³/mol. The summed E-state index contributed by atoms with van der Waals surface area (Å²) in [5, 5.41) is 0. The highest BCUT2D eigenvalue weighted by atomic mass is 19.4. The topological polar surface area (TPSA) is 9.23 Å². The molecule has 0 rings (SSSR count). The van der Waals surface area contributed by atoms with Crippen LogP contribution in [0.3, 0.4) is 0 Å². The van der Waals surface area contributed by atoms with Gasteiger partial charge in [-0.1, -0.05) is 0 Å². The first kappa shape index (κ1) is 18.4. The van der Waals surface area contributed by atoms with Crippen LogP contribution in [0.5, 0.6) is 0 Å². The Bertz CT molecular complexity index is 426. The van der Waals surface area contributed by atoms with Crippen molar-refractivity contribution in [1.82, 2.24) is 0 Å². The molecule has 0 aliphatic rings. The van der Waals surface area contributed by atoms with Crippen molar-refractivity contribution in [2.24, 2.45) is 0 Å². The van der Waals surface area contributed by atoms with E-state index in [2.05, 4.69) is 0 Å². The second kappa shape index (κ2) is 5.44. The van der Waals surface area contributed by atoms with Gasteiger partial charge in [0, 0.05) is 0 Å². The zero-order valence-corrected chi connectivity index (χ0v) is 8.44. The quantitative estimate of drug-likeness (QED) is 0.522. The van der Waals surface area contributed by atoms with E-state index in [9.17, 15) is 52.7 Å². The standard InChI is InChI=1S/C7F12O/c8-1(2(9)10)5(14,15)6(16,7(17,18)19)20-4(13)3(11)12. The van der Waals surface area contributed by atoms with E-state index < -0.39 is 42.0 Å². The van der Waals surface area contributed by atoms with E-state index in [0.717, 1.165) is 0 Å². The minimum Gasteiger partial charge on any atom is -0.416 e. The Kier molecular flexibility index (Phi) is 5.01. The minimum absolute atomic E-state index is 2.01. The number of hydrogen-bond donors (Lipinski definition) is 0. The molecule has 0 aromatic carbocycles. The second-order valence-electron chi connectivity index (χ2n) is 2.88. The van der Waals surface area contributed by atoms with Gasteiger partial charge >= 0.3 is 36.1 Å². The summed E-state index contributed by atoms with van der Waals surface area (Å²) in [7, 11) is 0. The zero-order chi connectivity index (χ0) is 16.5. The van der Waals surface area contributed by atoms with Crippen molar-refractivity contribution in [3.8, 4) is 0 Å². The van der Waals surface area contributed by atoms with Crippen LogP contribution in [0.2, 0.25) is 0 Å². The van der Waals surface area contributed by atoms with Gasteiger partial charge in [0.25, 0.3) is 0 Å². The molecule has 13 heteroatoms. The summed E-state index contributed by atoms with van der Waals surface area (Å²) in [5.41, 5.74) is 0. The van der Waals surface area contributed by atoms with E-state index >= 15 is 0 Å². The Morgan fingerprint density at radius 1 is 0.650 bits per heavy atom. The number of hydrogen-bond acceptors (Lipinski definition) is 1. The molecule has 1 nitrogen and oxygen atoms in total. The molecule has 0 heterocycles. The first-order valence-corrected chi connectivity index (χ1v) is 3.93. The summed E-state index contributed by atoms with van der Waals surface area (Å²) >= 11 is 0. The van der Waals surface area contributed by atoms with Crippen LogP contribution in [-0.2, 0) is 4.74 Å². The van der Waals surface area contributed by atoms with Gasteiger partial charge in [0.15, 0.2) is 0 Å². The lowest BCUT2D eigenvalue weighted by Crippen LogP contribution is -2.57. The fourth-order valence-corrected chi connectivity index (χ4v) is 0.722. The lowest BCUT2D eigenvalue weighted by molar-refractivity contribution is -0.389. The Hall–Kier alpha value is -1.56. The van der Waals surface area contributed by atoms with Crippen LogP contribution in [0, 0.1) is 0 Å². The van der Waals surface area contributed by atoms with Crippen LogP contribution < -0.4 is 0 Å². The molecule has 0 fully saturated rings. The van der Waals surface area contributed by atoms with E-state index in [1.54, 1.807) is 0 Å². The van der Waals surface area contributed by atoms with Crippen LogP contribution in [-0.4, -0.2) is 18.0 Å². The molecule has 0 saturated heterocycles. The molecular weight excluding hydrogens is 328 g/mol. The molecule has 0 aliphatic carbocycles. The number of alkyl halides is 6. The minimum atomic E-state index is -7.03. The van der Waals surface area contributed by atoms with Gasteiger partial charge in [-0.2, -0.15) is 52.7 Å². The lowest BCUT2D eigenvalue weighted by Gasteiger charge is -2.32. The van der Waals surface area contributed by atoms with Crippen LogP contribution in [0.25, 0.3) is 0 Å². The highest BCUT2D eigenvalue weighted by molar-refractivity contribution is 5.14. The maximum atomic E-state index is 13.0. The number of rotatable bonds is 4. The van der Waals surface area contributed by atoms with Crippen molar-refractivity contribution < 1.29 is 57.4 Å². The lowest BCUT2D eigenvalue weighted by atomic mass is 10.1. The van der Waals surface area contributed by atoms with Crippen LogP contribution >= 0.6 is 0 Å². The molecule has 0 radical (unpaired) electrons. The molecule has 0 aromatic rings. The zero-order valence-electron chi connectivity index (χ0n) is 8.44. The Morgan fingerprint density at radius 3 is 1.30 bits per heavy atom. The second-order valence-corrected chi connectivity index (χ2v) is 2.88. The molecule has 0 spiro atoms. The highest BCUT2D eigenvalue weighted by Crippen LogP contribution is 2.52. The average molecular weight is 328 g/mol. The molecule has 0 amide bonds. The van der Waals surface area contributed by atoms with Crippen molar-refractivity contribution in [2.45, 2.75) is 18.0 Å². The molecule has 0 bridgehead atoms. The van der Waals surface area contributed by atoms with Gasteiger partial charge < -0.3 is 4.74 Å². The summed E-state index contributed by atoms with van der Waals surface area (Å²) in [4.78, 5) is 0. The van der Waals surface area contributed by atoms with Crippen LogP contribution in [0.1, 0.15) is 0 Å². The third-order valence-electron chi connectivity index (χ3n) is 1.59. The van der Waals surface area contributed by atoms with Crippen LogP contribution in [0.15, 0.2) is 24.0 Å². The van der Waals surface area contributed by atoms with Gasteiger partial charge in [0.05, 0.1) is 0 Å². The third-order valence-corrected chi connectivity index (χ3v) is 1.59. The summed E-state index contributed by atoms with van der Waals surface area (Å²) in [6.45, 7) is 0. The first-order valence-electron chi connectivity index (χ1n) is 3.93.